The molecule has 1 saturated heterocycles. The third kappa shape index (κ3) is 4.95. The number of hydrogen-bond donors (Lipinski definition) is 1. The number of aryl methyl sites for hydroxylation is 1. The summed E-state index contributed by atoms with van der Waals surface area (Å²) >= 11 is 0. The summed E-state index contributed by atoms with van der Waals surface area (Å²) in [6, 6.07) is 19.2. The van der Waals surface area contributed by atoms with Crippen LogP contribution in [0.15, 0.2) is 54.6 Å². The smallest absolute Gasteiger partial charge is 0.223 e. The van der Waals surface area contributed by atoms with Crippen molar-refractivity contribution in [2.24, 2.45) is 5.92 Å². The Morgan fingerprint density at radius 3 is 2.31 bits per heavy atom. The van der Waals surface area contributed by atoms with Gasteiger partial charge >= 0.3 is 0 Å². The van der Waals surface area contributed by atoms with Crippen molar-refractivity contribution >= 4 is 5.91 Å². The first-order valence-corrected chi connectivity index (χ1v) is 9.81. The molecule has 0 aliphatic carbocycles. The van der Waals surface area contributed by atoms with Gasteiger partial charge in [0.25, 0.3) is 0 Å². The van der Waals surface area contributed by atoms with Gasteiger partial charge in [-0.1, -0.05) is 61.5 Å². The molecule has 0 radical (unpaired) electrons. The van der Waals surface area contributed by atoms with Gasteiger partial charge in [-0.15, -0.1) is 0 Å². The largest absolute Gasteiger partial charge is 0.349 e. The summed E-state index contributed by atoms with van der Waals surface area (Å²) in [5.41, 5.74) is 3.86. The van der Waals surface area contributed by atoms with Crippen molar-refractivity contribution in [1.29, 1.82) is 0 Å². The molecule has 0 saturated carbocycles. The number of benzene rings is 2. The maximum absolute atomic E-state index is 12.6. The molecule has 1 heterocycles. The van der Waals surface area contributed by atoms with Gasteiger partial charge in [0.1, 0.15) is 0 Å². The molecular weight excluding hydrogens is 320 g/mol. The average molecular weight is 351 g/mol. The lowest BCUT2D eigenvalue weighted by Gasteiger charge is -2.32. The van der Waals surface area contributed by atoms with Crippen LogP contribution in [0.2, 0.25) is 0 Å². The highest BCUT2D eigenvalue weighted by atomic mass is 16.1. The minimum Gasteiger partial charge on any atom is -0.349 e. The molecule has 138 valence electrons. The Kier molecular flexibility index (Phi) is 6.45. The van der Waals surface area contributed by atoms with E-state index in [1.165, 1.54) is 16.7 Å². The Bertz CT molecular complexity index is 688. The van der Waals surface area contributed by atoms with Crippen molar-refractivity contribution in [2.45, 2.75) is 45.7 Å². The van der Waals surface area contributed by atoms with Crippen molar-refractivity contribution in [2.75, 3.05) is 13.1 Å². The SMILES string of the molecule is CCc1ccc([C@@H](C)NC(=O)C2CCN(Cc3ccccc3)CC2)cc1. The molecule has 1 N–H and O–H groups in total. The normalized spacial score (nSPS) is 17.0. The number of likely N-dealkylation sites (tertiary alicyclic amines) is 1. The van der Waals surface area contributed by atoms with E-state index in [1.54, 1.807) is 0 Å². The third-order valence-electron chi connectivity index (χ3n) is 5.45. The van der Waals surface area contributed by atoms with Crippen LogP contribution in [0.3, 0.4) is 0 Å². The van der Waals surface area contributed by atoms with Crippen LogP contribution >= 0.6 is 0 Å². The van der Waals surface area contributed by atoms with Crippen LogP contribution in [0, 0.1) is 5.92 Å². The van der Waals surface area contributed by atoms with E-state index in [1.807, 2.05) is 0 Å². The monoisotopic (exact) mass is 350 g/mol. The number of carbonyl (C=O) groups excluding carboxylic acids is 1. The molecule has 3 rings (SSSR count). The molecule has 2 aromatic carbocycles. The van der Waals surface area contributed by atoms with Crippen LogP contribution in [-0.2, 0) is 17.8 Å². The molecule has 2 aromatic rings. The average Bonchev–Trinajstić information content (AvgIpc) is 2.69. The Morgan fingerprint density at radius 2 is 1.69 bits per heavy atom. The lowest BCUT2D eigenvalue weighted by molar-refractivity contribution is -0.127. The van der Waals surface area contributed by atoms with Crippen LogP contribution in [0.5, 0.6) is 0 Å². The number of carbonyl (C=O) groups is 1. The summed E-state index contributed by atoms with van der Waals surface area (Å²) < 4.78 is 0. The number of amides is 1. The summed E-state index contributed by atoms with van der Waals surface area (Å²) in [6.45, 7) is 7.20. The molecule has 1 fully saturated rings. The molecule has 1 aliphatic rings. The lowest BCUT2D eigenvalue weighted by Crippen LogP contribution is -2.40. The molecule has 3 heteroatoms. The summed E-state index contributed by atoms with van der Waals surface area (Å²) in [5, 5.41) is 3.21. The first-order chi connectivity index (χ1) is 12.7. The molecule has 26 heavy (non-hydrogen) atoms. The number of piperidine rings is 1. The maximum atomic E-state index is 12.6. The van der Waals surface area contributed by atoms with E-state index in [0.29, 0.717) is 0 Å². The number of nitrogens with zero attached hydrogens (tertiary/aromatic N) is 1. The fourth-order valence-electron chi connectivity index (χ4n) is 3.65. The van der Waals surface area contributed by atoms with Crippen molar-refractivity contribution in [3.63, 3.8) is 0 Å². The van der Waals surface area contributed by atoms with Gasteiger partial charge in [-0.25, -0.2) is 0 Å². The van der Waals surface area contributed by atoms with Gasteiger partial charge in [-0.3, -0.25) is 9.69 Å². The summed E-state index contributed by atoms with van der Waals surface area (Å²) in [6.07, 6.45) is 2.93. The Labute approximate surface area is 157 Å². The van der Waals surface area contributed by atoms with Crippen LogP contribution < -0.4 is 5.32 Å². The van der Waals surface area contributed by atoms with E-state index in [9.17, 15) is 4.79 Å². The number of rotatable bonds is 6. The van der Waals surface area contributed by atoms with E-state index in [4.69, 9.17) is 0 Å². The van der Waals surface area contributed by atoms with Crippen molar-refractivity contribution in [3.8, 4) is 0 Å². The van der Waals surface area contributed by atoms with Crippen molar-refractivity contribution in [3.05, 3.63) is 71.3 Å². The minimum absolute atomic E-state index is 0.0655. The predicted molar refractivity (Wildman–Crippen MR) is 107 cm³/mol. The standard InChI is InChI=1S/C23H30N2O/c1-3-19-9-11-21(12-10-19)18(2)24-23(26)22-13-15-25(16-14-22)17-20-7-5-4-6-8-20/h4-12,18,22H,3,13-17H2,1-2H3,(H,24,26)/t18-/m1/s1. The fraction of sp³-hybridized carbons (Fsp3) is 0.435. The predicted octanol–water partition coefficient (Wildman–Crippen LogP) is 4.34. The zero-order valence-electron chi connectivity index (χ0n) is 15.9. The van der Waals surface area contributed by atoms with Crippen LogP contribution in [-0.4, -0.2) is 23.9 Å². The van der Waals surface area contributed by atoms with Gasteiger partial charge in [0.05, 0.1) is 6.04 Å². The summed E-state index contributed by atoms with van der Waals surface area (Å²) in [4.78, 5) is 15.1. The second kappa shape index (κ2) is 9.00. The number of hydrogen-bond acceptors (Lipinski definition) is 2. The molecule has 0 unspecified atom stereocenters. The Hall–Kier alpha value is -2.13. The molecule has 1 aliphatic heterocycles. The van der Waals surface area contributed by atoms with Crippen LogP contribution in [0.1, 0.15) is 49.4 Å². The first kappa shape index (κ1) is 18.7. The van der Waals surface area contributed by atoms with Gasteiger partial charge in [0, 0.05) is 12.5 Å². The minimum atomic E-state index is 0.0655. The zero-order valence-corrected chi connectivity index (χ0v) is 15.9. The van der Waals surface area contributed by atoms with Gasteiger partial charge in [0.2, 0.25) is 5.91 Å². The quantitative estimate of drug-likeness (QED) is 0.840. The van der Waals surface area contributed by atoms with Gasteiger partial charge in [-0.2, -0.15) is 0 Å². The first-order valence-electron chi connectivity index (χ1n) is 9.81. The molecule has 1 atom stereocenters. The van der Waals surface area contributed by atoms with Gasteiger partial charge in [-0.05, 0) is 56.0 Å². The molecule has 0 aromatic heterocycles. The Morgan fingerprint density at radius 1 is 1.04 bits per heavy atom. The lowest BCUT2D eigenvalue weighted by atomic mass is 9.94. The molecule has 0 bridgehead atoms. The third-order valence-corrected chi connectivity index (χ3v) is 5.45. The van der Waals surface area contributed by atoms with Crippen LogP contribution in [0.4, 0.5) is 0 Å². The highest BCUT2D eigenvalue weighted by molar-refractivity contribution is 5.79. The molecule has 1 amide bonds. The second-order valence-corrected chi connectivity index (χ2v) is 7.36. The highest BCUT2D eigenvalue weighted by Gasteiger charge is 2.25. The van der Waals surface area contributed by atoms with Gasteiger partial charge < -0.3 is 5.32 Å². The van der Waals surface area contributed by atoms with E-state index in [0.717, 1.165) is 38.9 Å². The van der Waals surface area contributed by atoms with Gasteiger partial charge in [0.15, 0.2) is 0 Å². The Balaban J connectivity index is 1.47. The zero-order chi connectivity index (χ0) is 18.4. The maximum Gasteiger partial charge on any atom is 0.223 e. The summed E-state index contributed by atoms with van der Waals surface area (Å²) in [7, 11) is 0. The number of nitrogens with one attached hydrogen (secondary N) is 1. The molecular formula is C23H30N2O. The van der Waals surface area contributed by atoms with E-state index >= 15 is 0 Å². The summed E-state index contributed by atoms with van der Waals surface area (Å²) in [5.74, 6) is 0.343. The highest BCUT2D eigenvalue weighted by Crippen LogP contribution is 2.21. The fourth-order valence-corrected chi connectivity index (χ4v) is 3.65. The molecule has 3 nitrogen and oxygen atoms in total. The second-order valence-electron chi connectivity index (χ2n) is 7.36. The van der Waals surface area contributed by atoms with E-state index < -0.39 is 0 Å². The van der Waals surface area contributed by atoms with Crippen molar-refractivity contribution in [1.82, 2.24) is 10.2 Å². The van der Waals surface area contributed by atoms with Crippen LogP contribution in [0.25, 0.3) is 0 Å². The van der Waals surface area contributed by atoms with E-state index in [2.05, 4.69) is 78.7 Å². The van der Waals surface area contributed by atoms with E-state index in [-0.39, 0.29) is 17.9 Å². The van der Waals surface area contributed by atoms with Crippen molar-refractivity contribution < 1.29 is 4.79 Å². The topological polar surface area (TPSA) is 32.3 Å². The molecule has 0 spiro atoms.